The van der Waals surface area contributed by atoms with Gasteiger partial charge in [-0.05, 0) is 18.6 Å². The number of aromatic nitrogens is 2. The molecule has 0 bridgehead atoms. The van der Waals surface area contributed by atoms with Crippen LogP contribution in [0, 0.1) is 5.92 Å². The zero-order valence-electron chi connectivity index (χ0n) is 20.2. The third-order valence-electron chi connectivity index (χ3n) is 6.42. The maximum absolute atomic E-state index is 13.3. The largest absolute Gasteiger partial charge is 0.434 e. The van der Waals surface area contributed by atoms with Crippen LogP contribution in [0.4, 0.5) is 23.8 Å². The zero-order valence-corrected chi connectivity index (χ0v) is 21.0. The lowest BCUT2D eigenvalue weighted by molar-refractivity contribution is -0.140. The van der Waals surface area contributed by atoms with Crippen molar-refractivity contribution in [2.45, 2.75) is 26.1 Å². The highest BCUT2D eigenvalue weighted by atomic mass is 32.1. The number of ketones is 1. The number of nitrogens with one attached hydrogen (secondary N) is 3. The number of nitrogens with zero attached hydrogens (tertiary/aromatic N) is 4. The molecule has 0 aromatic carbocycles. The second-order valence-corrected chi connectivity index (χ2v) is 9.89. The topological polar surface area (TPSA) is 102 Å². The van der Waals surface area contributed by atoms with Gasteiger partial charge in [-0.15, -0.1) is 11.3 Å². The van der Waals surface area contributed by atoms with E-state index >= 15 is 0 Å². The van der Waals surface area contributed by atoms with Gasteiger partial charge in [0.15, 0.2) is 11.5 Å². The first kappa shape index (κ1) is 26.5. The van der Waals surface area contributed by atoms with Gasteiger partial charge in [-0.1, -0.05) is 6.92 Å². The smallest absolute Gasteiger partial charge is 0.338 e. The second-order valence-electron chi connectivity index (χ2n) is 9.04. The van der Waals surface area contributed by atoms with Crippen LogP contribution in [0.1, 0.15) is 31.1 Å². The number of alkyl halides is 3. The lowest BCUT2D eigenvalue weighted by Gasteiger charge is -2.38. The van der Waals surface area contributed by atoms with Crippen LogP contribution in [0.5, 0.6) is 0 Å². The van der Waals surface area contributed by atoms with Gasteiger partial charge in [-0.2, -0.15) is 13.2 Å². The summed E-state index contributed by atoms with van der Waals surface area (Å²) in [5.41, 5.74) is 0.286. The number of halogens is 3. The first-order valence-electron chi connectivity index (χ1n) is 11.9. The summed E-state index contributed by atoms with van der Waals surface area (Å²) < 4.78 is 39.9. The van der Waals surface area contributed by atoms with Gasteiger partial charge >= 0.3 is 12.2 Å². The van der Waals surface area contributed by atoms with Crippen LogP contribution in [0.2, 0.25) is 0 Å². The molecule has 2 fully saturated rings. The van der Waals surface area contributed by atoms with E-state index in [2.05, 4.69) is 35.7 Å². The van der Waals surface area contributed by atoms with Crippen molar-refractivity contribution >= 4 is 29.0 Å². The highest BCUT2D eigenvalue weighted by Crippen LogP contribution is 2.38. The molecule has 2 atom stereocenters. The third kappa shape index (κ3) is 6.20. The van der Waals surface area contributed by atoms with Crippen LogP contribution >= 0.6 is 11.3 Å². The van der Waals surface area contributed by atoms with E-state index in [9.17, 15) is 22.8 Å². The Kier molecular flexibility index (Phi) is 8.23. The van der Waals surface area contributed by atoms with Crippen molar-refractivity contribution in [1.29, 1.82) is 0 Å². The molecular weight excluding hydrogens is 495 g/mol. The number of likely N-dealkylation sites (tertiary alicyclic amines) is 1. The molecule has 0 aliphatic carbocycles. The molecule has 2 saturated heterocycles. The molecule has 3 N–H and O–H groups in total. The molecule has 0 saturated carbocycles. The molecule has 4 heterocycles. The van der Waals surface area contributed by atoms with Gasteiger partial charge in [0.2, 0.25) is 0 Å². The number of thiazole rings is 1. The highest BCUT2D eigenvalue weighted by Gasteiger charge is 2.35. The van der Waals surface area contributed by atoms with Gasteiger partial charge in [-0.25, -0.2) is 14.8 Å². The van der Waals surface area contributed by atoms with Gasteiger partial charge in [0.25, 0.3) is 0 Å². The Morgan fingerprint density at radius 3 is 2.81 bits per heavy atom. The van der Waals surface area contributed by atoms with E-state index in [1.54, 1.807) is 19.2 Å². The fraction of sp³-hybridized carbons (Fsp3) is 0.565. The Labute approximate surface area is 211 Å². The fourth-order valence-electron chi connectivity index (χ4n) is 4.52. The van der Waals surface area contributed by atoms with Gasteiger partial charge in [0.05, 0.1) is 6.54 Å². The van der Waals surface area contributed by atoms with Crippen LogP contribution in [0.25, 0.3) is 10.6 Å². The fourth-order valence-corrected chi connectivity index (χ4v) is 5.39. The molecule has 2 aliphatic heterocycles. The molecule has 13 heteroatoms. The number of rotatable bonds is 7. The number of pyridine rings is 1. The van der Waals surface area contributed by atoms with Crippen molar-refractivity contribution in [1.82, 2.24) is 30.4 Å². The summed E-state index contributed by atoms with van der Waals surface area (Å²) in [7, 11) is 0. The van der Waals surface area contributed by atoms with E-state index in [-0.39, 0.29) is 28.6 Å². The van der Waals surface area contributed by atoms with Crippen LogP contribution in [0.15, 0.2) is 17.6 Å². The molecular formula is C23H30F3N7O2S. The lowest BCUT2D eigenvalue weighted by Crippen LogP contribution is -2.48. The van der Waals surface area contributed by atoms with Crippen molar-refractivity contribution in [3.8, 4) is 10.6 Å². The molecule has 2 amide bonds. The van der Waals surface area contributed by atoms with E-state index in [0.717, 1.165) is 48.5 Å². The Morgan fingerprint density at radius 1 is 1.33 bits per heavy atom. The van der Waals surface area contributed by atoms with E-state index in [1.165, 1.54) is 0 Å². The van der Waals surface area contributed by atoms with E-state index < -0.39 is 17.9 Å². The van der Waals surface area contributed by atoms with Crippen LogP contribution in [0.3, 0.4) is 0 Å². The summed E-state index contributed by atoms with van der Waals surface area (Å²) in [6.45, 7) is 8.86. The summed E-state index contributed by atoms with van der Waals surface area (Å²) in [6, 6.07) is 0.972. The second kappa shape index (κ2) is 11.2. The SMILES string of the molecule is CCNC(=O)Nc1cc(-c2nc(C(F)(F)F)cs2)c(C2CNCCN2CCN2CC(=O)C(C)C2)cn1. The maximum atomic E-state index is 13.3. The van der Waals surface area contributed by atoms with Crippen LogP contribution < -0.4 is 16.0 Å². The van der Waals surface area contributed by atoms with Crippen molar-refractivity contribution in [2.75, 3.05) is 57.7 Å². The molecule has 0 spiro atoms. The quantitative estimate of drug-likeness (QED) is 0.511. The summed E-state index contributed by atoms with van der Waals surface area (Å²) in [4.78, 5) is 36.6. The number of hydrogen-bond acceptors (Lipinski definition) is 8. The van der Waals surface area contributed by atoms with Crippen molar-refractivity contribution in [3.63, 3.8) is 0 Å². The minimum absolute atomic E-state index is 0.0392. The van der Waals surface area contributed by atoms with Crippen LogP contribution in [-0.4, -0.2) is 83.9 Å². The van der Waals surface area contributed by atoms with Crippen molar-refractivity contribution < 1.29 is 22.8 Å². The number of carbonyl (C=O) groups is 2. The molecule has 36 heavy (non-hydrogen) atoms. The number of hydrogen-bond donors (Lipinski definition) is 3. The number of Topliss-reactive ketones (excluding diaryl/α,β-unsaturated/α-hetero) is 1. The van der Waals surface area contributed by atoms with Crippen molar-refractivity contribution in [2.24, 2.45) is 5.92 Å². The molecule has 2 aliphatic rings. The van der Waals surface area contributed by atoms with Crippen molar-refractivity contribution in [3.05, 3.63) is 28.9 Å². The average Bonchev–Trinajstić information content (AvgIpc) is 3.45. The summed E-state index contributed by atoms with van der Waals surface area (Å²) in [5.74, 6) is 0.512. The molecule has 0 radical (unpaired) electrons. The van der Waals surface area contributed by atoms with Gasteiger partial charge < -0.3 is 10.6 Å². The average molecular weight is 526 g/mol. The Hall–Kier alpha value is -2.61. The van der Waals surface area contributed by atoms with Crippen LogP contribution in [-0.2, 0) is 11.0 Å². The van der Waals surface area contributed by atoms with E-state index in [0.29, 0.717) is 31.7 Å². The third-order valence-corrected chi connectivity index (χ3v) is 7.29. The number of amides is 2. The molecule has 4 rings (SSSR count). The Bertz CT molecular complexity index is 1090. The number of anilines is 1. The van der Waals surface area contributed by atoms with E-state index in [4.69, 9.17) is 0 Å². The normalized spacial score (nSPS) is 21.6. The lowest BCUT2D eigenvalue weighted by atomic mass is 9.99. The maximum Gasteiger partial charge on any atom is 0.434 e. The first-order valence-corrected chi connectivity index (χ1v) is 12.8. The molecule has 2 aromatic rings. The zero-order chi connectivity index (χ0) is 25.9. The predicted molar refractivity (Wildman–Crippen MR) is 131 cm³/mol. The Morgan fingerprint density at radius 2 is 2.14 bits per heavy atom. The number of carbonyl (C=O) groups excluding carboxylic acids is 2. The molecule has 196 valence electrons. The van der Waals surface area contributed by atoms with E-state index in [1.807, 2.05) is 6.92 Å². The monoisotopic (exact) mass is 525 g/mol. The number of piperazine rings is 1. The minimum atomic E-state index is -4.55. The predicted octanol–water partition coefficient (Wildman–Crippen LogP) is 2.83. The molecule has 2 unspecified atom stereocenters. The first-order chi connectivity index (χ1) is 17.2. The molecule has 2 aromatic heterocycles. The summed E-state index contributed by atoms with van der Waals surface area (Å²) in [6.07, 6.45) is -2.94. The highest BCUT2D eigenvalue weighted by molar-refractivity contribution is 7.13. The van der Waals surface area contributed by atoms with Gasteiger partial charge in [-0.3, -0.25) is 19.9 Å². The minimum Gasteiger partial charge on any atom is -0.338 e. The standard InChI is InChI=1S/C23H30F3N7O2S/c1-3-28-22(35)31-20-8-15(21-30-19(13-36-21)23(24,25)26)16(9-29-20)17-10-27-4-5-33(17)7-6-32-11-14(2)18(34)12-32/h8-9,13-14,17,27H,3-7,10-12H2,1-2H3,(H2,28,29,31,35). The molecule has 9 nitrogen and oxygen atoms in total. The van der Waals surface area contributed by atoms with Gasteiger partial charge in [0.1, 0.15) is 10.8 Å². The summed E-state index contributed by atoms with van der Waals surface area (Å²) in [5, 5.41) is 9.81. The summed E-state index contributed by atoms with van der Waals surface area (Å²) >= 11 is 0.909. The van der Waals surface area contributed by atoms with Gasteiger partial charge in [0, 0.05) is 74.9 Å². The Balaban J connectivity index is 1.63. The number of urea groups is 1.